The van der Waals surface area contributed by atoms with Crippen molar-refractivity contribution in [1.29, 1.82) is 0 Å². The van der Waals surface area contributed by atoms with E-state index in [-0.39, 0.29) is 24.7 Å². The van der Waals surface area contributed by atoms with Crippen LogP contribution >= 0.6 is 0 Å². The number of carbonyl (C=O) groups is 1. The summed E-state index contributed by atoms with van der Waals surface area (Å²) < 4.78 is 6.00. The van der Waals surface area contributed by atoms with Crippen LogP contribution < -0.4 is 15.4 Å². The first-order valence-electron chi connectivity index (χ1n) is 8.10. The number of ether oxygens (including phenoxy) is 1. The van der Waals surface area contributed by atoms with Gasteiger partial charge in [-0.1, -0.05) is 19.1 Å². The molecule has 22 heavy (non-hydrogen) atoms. The summed E-state index contributed by atoms with van der Waals surface area (Å²) in [6.07, 6.45) is 5.53. The van der Waals surface area contributed by atoms with Gasteiger partial charge in [0.1, 0.15) is 5.75 Å². The number of amides is 2. The Morgan fingerprint density at radius 3 is 2.82 bits per heavy atom. The van der Waals surface area contributed by atoms with Crippen LogP contribution in [0.25, 0.3) is 0 Å². The molecule has 1 atom stereocenters. The molecule has 0 bridgehead atoms. The molecule has 5 nitrogen and oxygen atoms in total. The molecule has 1 unspecified atom stereocenters. The Labute approximate surface area is 132 Å². The Bertz CT molecular complexity index is 473. The largest absolute Gasteiger partial charge is 0.488 e. The van der Waals surface area contributed by atoms with Gasteiger partial charge in [0.15, 0.2) is 0 Å². The Balaban J connectivity index is 1.87. The maximum absolute atomic E-state index is 12.0. The molecule has 122 valence electrons. The van der Waals surface area contributed by atoms with Crippen molar-refractivity contribution in [3.8, 4) is 5.75 Å². The van der Waals surface area contributed by atoms with Gasteiger partial charge in [-0.25, -0.2) is 4.79 Å². The monoisotopic (exact) mass is 306 g/mol. The standard InChI is InChI=1S/C17H26N2O3/c1-13(10-11-20)12-18-17(21)19-15-8-4-5-9-16(15)22-14-6-2-3-7-14/h4-5,8-9,13-14,20H,2-3,6-7,10-12H2,1H3,(H2,18,19,21). The second-order valence-electron chi connectivity index (χ2n) is 5.97. The number of hydrogen-bond donors (Lipinski definition) is 3. The number of urea groups is 1. The van der Waals surface area contributed by atoms with E-state index in [2.05, 4.69) is 10.6 Å². The van der Waals surface area contributed by atoms with Crippen molar-refractivity contribution in [2.75, 3.05) is 18.5 Å². The van der Waals surface area contributed by atoms with Crippen molar-refractivity contribution >= 4 is 11.7 Å². The molecule has 0 radical (unpaired) electrons. The van der Waals surface area contributed by atoms with Crippen molar-refractivity contribution in [3.05, 3.63) is 24.3 Å². The molecule has 3 N–H and O–H groups in total. The molecule has 1 saturated carbocycles. The van der Waals surface area contributed by atoms with Gasteiger partial charge in [-0.05, 0) is 50.2 Å². The van der Waals surface area contributed by atoms with E-state index >= 15 is 0 Å². The van der Waals surface area contributed by atoms with Crippen LogP contribution in [0.2, 0.25) is 0 Å². The maximum Gasteiger partial charge on any atom is 0.319 e. The van der Waals surface area contributed by atoms with Gasteiger partial charge in [0.25, 0.3) is 0 Å². The second kappa shape index (κ2) is 8.63. The van der Waals surface area contributed by atoms with Crippen molar-refractivity contribution in [2.24, 2.45) is 5.92 Å². The lowest BCUT2D eigenvalue weighted by atomic mass is 10.1. The van der Waals surface area contributed by atoms with E-state index < -0.39 is 0 Å². The highest BCUT2D eigenvalue weighted by Gasteiger charge is 2.18. The molecule has 1 aromatic rings. The topological polar surface area (TPSA) is 70.6 Å². The van der Waals surface area contributed by atoms with Gasteiger partial charge in [-0.3, -0.25) is 0 Å². The third kappa shape index (κ3) is 5.22. The number of aliphatic hydroxyl groups excluding tert-OH is 1. The van der Waals surface area contributed by atoms with Gasteiger partial charge in [-0.2, -0.15) is 0 Å². The summed E-state index contributed by atoms with van der Waals surface area (Å²) in [6.45, 7) is 2.67. The van der Waals surface area contributed by atoms with Crippen molar-refractivity contribution in [2.45, 2.75) is 45.1 Å². The minimum Gasteiger partial charge on any atom is -0.488 e. The Kier molecular flexibility index (Phi) is 6.52. The number of anilines is 1. The summed E-state index contributed by atoms with van der Waals surface area (Å²) in [6, 6.07) is 7.29. The molecule has 0 heterocycles. The number of carbonyl (C=O) groups excluding carboxylic acids is 1. The van der Waals surface area contributed by atoms with Gasteiger partial charge in [0.2, 0.25) is 0 Å². The first kappa shape index (κ1) is 16.6. The molecule has 2 amide bonds. The first-order chi connectivity index (χ1) is 10.7. The van der Waals surface area contributed by atoms with Crippen molar-refractivity contribution in [1.82, 2.24) is 5.32 Å². The van der Waals surface area contributed by atoms with Gasteiger partial charge < -0.3 is 20.5 Å². The zero-order valence-corrected chi connectivity index (χ0v) is 13.2. The Hall–Kier alpha value is -1.75. The van der Waals surface area contributed by atoms with E-state index in [9.17, 15) is 4.79 Å². The number of rotatable bonds is 7. The molecule has 0 aliphatic heterocycles. The van der Waals surface area contributed by atoms with Gasteiger partial charge in [0, 0.05) is 13.2 Å². The Morgan fingerprint density at radius 2 is 2.09 bits per heavy atom. The predicted octanol–water partition coefficient (Wildman–Crippen LogP) is 3.15. The van der Waals surface area contributed by atoms with Gasteiger partial charge in [0.05, 0.1) is 11.8 Å². The minimum absolute atomic E-state index is 0.141. The van der Waals surface area contributed by atoms with Crippen molar-refractivity contribution < 1.29 is 14.6 Å². The zero-order valence-electron chi connectivity index (χ0n) is 13.2. The summed E-state index contributed by atoms with van der Waals surface area (Å²) in [4.78, 5) is 12.0. The lowest BCUT2D eigenvalue weighted by Gasteiger charge is -2.17. The molecule has 1 fully saturated rings. The van der Waals surface area contributed by atoms with E-state index in [0.29, 0.717) is 18.7 Å². The minimum atomic E-state index is -0.243. The molecule has 1 aromatic carbocycles. The summed E-state index contributed by atoms with van der Waals surface area (Å²) in [5, 5.41) is 14.5. The average molecular weight is 306 g/mol. The number of aliphatic hydroxyl groups is 1. The first-order valence-corrected chi connectivity index (χ1v) is 8.10. The van der Waals surface area contributed by atoms with E-state index in [0.717, 1.165) is 18.6 Å². The third-order valence-corrected chi connectivity index (χ3v) is 3.96. The lowest BCUT2D eigenvalue weighted by Crippen LogP contribution is -2.32. The van der Waals surface area contributed by atoms with E-state index in [1.807, 2.05) is 31.2 Å². The molecule has 1 aliphatic rings. The molecular weight excluding hydrogens is 280 g/mol. The summed E-state index contributed by atoms with van der Waals surface area (Å²) >= 11 is 0. The molecule has 0 aromatic heterocycles. The molecular formula is C17H26N2O3. The summed E-state index contributed by atoms with van der Waals surface area (Å²) in [7, 11) is 0. The fourth-order valence-corrected chi connectivity index (χ4v) is 2.61. The SMILES string of the molecule is CC(CCO)CNC(=O)Nc1ccccc1OC1CCCC1. The molecule has 0 saturated heterocycles. The second-order valence-corrected chi connectivity index (χ2v) is 5.97. The quantitative estimate of drug-likeness (QED) is 0.724. The van der Waals surface area contributed by atoms with E-state index in [1.165, 1.54) is 12.8 Å². The highest BCUT2D eigenvalue weighted by Crippen LogP contribution is 2.29. The smallest absolute Gasteiger partial charge is 0.319 e. The fraction of sp³-hybridized carbons (Fsp3) is 0.588. The summed E-state index contributed by atoms with van der Waals surface area (Å²) in [5.41, 5.74) is 0.696. The lowest BCUT2D eigenvalue weighted by molar-refractivity contribution is 0.211. The number of benzene rings is 1. The summed E-state index contributed by atoms with van der Waals surface area (Å²) in [5.74, 6) is 0.980. The van der Waals surface area contributed by atoms with Crippen molar-refractivity contribution in [3.63, 3.8) is 0 Å². The van der Waals surface area contributed by atoms with E-state index in [1.54, 1.807) is 0 Å². The molecule has 0 spiro atoms. The van der Waals surface area contributed by atoms with Crippen LogP contribution in [0.3, 0.4) is 0 Å². The fourth-order valence-electron chi connectivity index (χ4n) is 2.61. The highest BCUT2D eigenvalue weighted by molar-refractivity contribution is 5.90. The Morgan fingerprint density at radius 1 is 1.36 bits per heavy atom. The van der Waals surface area contributed by atoms with Crippen LogP contribution in [0.4, 0.5) is 10.5 Å². The van der Waals surface area contributed by atoms with Crippen LogP contribution in [-0.2, 0) is 0 Å². The third-order valence-electron chi connectivity index (χ3n) is 3.96. The zero-order chi connectivity index (χ0) is 15.8. The van der Waals surface area contributed by atoms with Crippen LogP contribution in [0.1, 0.15) is 39.0 Å². The maximum atomic E-state index is 12.0. The van der Waals surface area contributed by atoms with Crippen LogP contribution in [0.5, 0.6) is 5.75 Å². The predicted molar refractivity (Wildman–Crippen MR) is 87.2 cm³/mol. The van der Waals surface area contributed by atoms with Gasteiger partial charge >= 0.3 is 6.03 Å². The molecule has 1 aliphatic carbocycles. The van der Waals surface area contributed by atoms with E-state index in [4.69, 9.17) is 9.84 Å². The number of hydrogen-bond acceptors (Lipinski definition) is 3. The highest BCUT2D eigenvalue weighted by atomic mass is 16.5. The molecule has 2 rings (SSSR count). The van der Waals surface area contributed by atoms with Crippen LogP contribution in [0.15, 0.2) is 24.3 Å². The van der Waals surface area contributed by atoms with Gasteiger partial charge in [-0.15, -0.1) is 0 Å². The molecule has 5 heteroatoms. The normalized spacial score (nSPS) is 16.3. The number of para-hydroxylation sites is 2. The average Bonchev–Trinajstić information content (AvgIpc) is 3.00. The number of nitrogens with one attached hydrogen (secondary N) is 2. The van der Waals surface area contributed by atoms with Crippen LogP contribution in [-0.4, -0.2) is 30.4 Å². The van der Waals surface area contributed by atoms with Crippen LogP contribution in [0, 0.1) is 5.92 Å².